The summed E-state index contributed by atoms with van der Waals surface area (Å²) in [4.78, 5) is 27.8. The maximum absolute atomic E-state index is 13.0. The van der Waals surface area contributed by atoms with Gasteiger partial charge < -0.3 is 0 Å². The number of benzene rings is 2. The highest BCUT2D eigenvalue weighted by atomic mass is 32.2. The molecule has 2 aromatic carbocycles. The van der Waals surface area contributed by atoms with Crippen molar-refractivity contribution >= 4 is 29.3 Å². The van der Waals surface area contributed by atoms with Crippen LogP contribution in [0.1, 0.15) is 43.2 Å². The number of alkyl halides is 3. The summed E-state index contributed by atoms with van der Waals surface area (Å²) in [6.07, 6.45) is -2.66. The fraction of sp³-hybridized carbons (Fsp3) is 0.227. The molecule has 9 heteroatoms. The molecule has 0 saturated heterocycles. The van der Waals surface area contributed by atoms with E-state index >= 15 is 0 Å². The lowest BCUT2D eigenvalue weighted by molar-refractivity contribution is -0.141. The molecule has 0 bridgehead atoms. The Balaban J connectivity index is 1.64. The molecule has 0 radical (unpaired) electrons. The Bertz CT molecular complexity index is 1220. The number of halogens is 3. The first kappa shape index (κ1) is 21.2. The van der Waals surface area contributed by atoms with E-state index in [9.17, 15) is 22.8 Å². The Hall–Kier alpha value is -3.07. The van der Waals surface area contributed by atoms with Crippen molar-refractivity contribution in [1.82, 2.24) is 9.78 Å². The molecular weight excluding hydrogens is 427 g/mol. The molecule has 1 aliphatic rings. The van der Waals surface area contributed by atoms with Crippen molar-refractivity contribution in [2.24, 2.45) is 0 Å². The Kier molecular flexibility index (Phi) is 5.17. The van der Waals surface area contributed by atoms with Crippen LogP contribution in [0, 0.1) is 13.8 Å². The number of rotatable bonds is 4. The van der Waals surface area contributed by atoms with E-state index in [-0.39, 0.29) is 18.4 Å². The number of fused-ring (bicyclic) bond motifs is 1. The summed E-state index contributed by atoms with van der Waals surface area (Å²) in [5, 5.41) is 3.65. The minimum atomic E-state index is -4.50. The number of aromatic nitrogens is 2. The lowest BCUT2D eigenvalue weighted by atomic mass is 10.1. The van der Waals surface area contributed by atoms with Gasteiger partial charge in [0, 0.05) is 10.6 Å². The molecule has 0 atom stereocenters. The smallest absolute Gasteiger partial charge is 0.268 e. The zero-order valence-corrected chi connectivity index (χ0v) is 17.8. The fourth-order valence-corrected chi connectivity index (χ4v) is 4.31. The molecule has 4 rings (SSSR count). The van der Waals surface area contributed by atoms with Crippen LogP contribution >= 0.6 is 11.8 Å². The van der Waals surface area contributed by atoms with E-state index in [1.807, 2.05) is 6.26 Å². The van der Waals surface area contributed by atoms with Gasteiger partial charge >= 0.3 is 6.18 Å². The molecule has 0 N–H and O–H groups in total. The molecule has 3 aromatic rings. The minimum Gasteiger partial charge on any atom is -0.268 e. The molecule has 160 valence electrons. The van der Waals surface area contributed by atoms with Gasteiger partial charge in [-0.1, -0.05) is 18.2 Å². The van der Waals surface area contributed by atoms with Crippen LogP contribution in [0.3, 0.4) is 0 Å². The van der Waals surface area contributed by atoms with Crippen LogP contribution in [0.15, 0.2) is 47.4 Å². The van der Waals surface area contributed by atoms with Crippen LogP contribution in [0.25, 0.3) is 0 Å². The molecule has 1 aromatic heterocycles. The molecule has 0 saturated carbocycles. The molecule has 31 heavy (non-hydrogen) atoms. The van der Waals surface area contributed by atoms with Gasteiger partial charge in [0.15, 0.2) is 5.69 Å². The van der Waals surface area contributed by atoms with Gasteiger partial charge in [-0.25, -0.2) is 4.90 Å². The maximum atomic E-state index is 13.0. The van der Waals surface area contributed by atoms with E-state index < -0.39 is 11.9 Å². The van der Waals surface area contributed by atoms with Crippen LogP contribution in [-0.2, 0) is 12.7 Å². The van der Waals surface area contributed by atoms with Crippen molar-refractivity contribution in [3.63, 3.8) is 0 Å². The van der Waals surface area contributed by atoms with E-state index in [0.29, 0.717) is 33.6 Å². The third-order valence-electron chi connectivity index (χ3n) is 5.20. The minimum absolute atomic E-state index is 0.141. The number of carbonyl (C=O) groups excluding carboxylic acids is 2. The Labute approximate surface area is 180 Å². The second-order valence-electron chi connectivity index (χ2n) is 7.28. The van der Waals surface area contributed by atoms with Gasteiger partial charge in [0.05, 0.1) is 23.4 Å². The Morgan fingerprint density at radius 1 is 1.03 bits per heavy atom. The summed E-state index contributed by atoms with van der Waals surface area (Å²) in [6, 6.07) is 11.3. The zero-order valence-electron chi connectivity index (χ0n) is 16.9. The molecule has 2 amide bonds. The third kappa shape index (κ3) is 3.63. The van der Waals surface area contributed by atoms with Gasteiger partial charge in [-0.2, -0.15) is 18.3 Å². The summed E-state index contributed by atoms with van der Waals surface area (Å²) in [7, 11) is 0. The number of aryl methyl sites for hydroxylation is 2. The van der Waals surface area contributed by atoms with Gasteiger partial charge in [0.2, 0.25) is 0 Å². The summed E-state index contributed by atoms with van der Waals surface area (Å²) in [5.74, 6) is -0.761. The summed E-state index contributed by atoms with van der Waals surface area (Å²) < 4.78 is 40.0. The highest BCUT2D eigenvalue weighted by molar-refractivity contribution is 7.98. The van der Waals surface area contributed by atoms with Crippen LogP contribution < -0.4 is 4.90 Å². The quantitative estimate of drug-likeness (QED) is 0.415. The van der Waals surface area contributed by atoms with Crippen molar-refractivity contribution in [3.05, 3.63) is 76.1 Å². The predicted octanol–water partition coefficient (Wildman–Crippen LogP) is 5.09. The van der Waals surface area contributed by atoms with Crippen molar-refractivity contribution in [3.8, 4) is 0 Å². The first-order chi connectivity index (χ1) is 14.6. The van der Waals surface area contributed by atoms with Crippen molar-refractivity contribution in [2.45, 2.75) is 31.5 Å². The highest BCUT2D eigenvalue weighted by Gasteiger charge is 2.39. The van der Waals surface area contributed by atoms with Crippen LogP contribution in [0.5, 0.6) is 0 Å². The first-order valence-electron chi connectivity index (χ1n) is 9.38. The van der Waals surface area contributed by atoms with Crippen molar-refractivity contribution < 1.29 is 22.8 Å². The number of amides is 2. The second-order valence-corrected chi connectivity index (χ2v) is 8.12. The van der Waals surface area contributed by atoms with E-state index in [1.54, 1.807) is 50.2 Å². The molecule has 0 aliphatic carbocycles. The topological polar surface area (TPSA) is 55.2 Å². The molecular formula is C22H18F3N3O2S. The van der Waals surface area contributed by atoms with Gasteiger partial charge in [-0.3, -0.25) is 14.3 Å². The SMILES string of the molecule is CSc1cccc2c1C(=O)N(c1ccc(Cn3nc(C(F)(F)F)cc3C)cc1C)C2=O. The van der Waals surface area contributed by atoms with E-state index in [1.165, 1.54) is 16.4 Å². The average molecular weight is 445 g/mol. The zero-order chi connectivity index (χ0) is 22.5. The van der Waals surface area contributed by atoms with Crippen molar-refractivity contribution in [2.75, 3.05) is 11.2 Å². The highest BCUT2D eigenvalue weighted by Crippen LogP contribution is 2.35. The van der Waals surface area contributed by atoms with E-state index in [2.05, 4.69) is 5.10 Å². The van der Waals surface area contributed by atoms with Crippen LogP contribution in [-0.4, -0.2) is 27.9 Å². The lowest BCUT2D eigenvalue weighted by Gasteiger charge is -2.18. The van der Waals surface area contributed by atoms with E-state index in [4.69, 9.17) is 0 Å². The largest absolute Gasteiger partial charge is 0.435 e. The number of hydrogen-bond donors (Lipinski definition) is 0. The first-order valence-corrected chi connectivity index (χ1v) is 10.6. The predicted molar refractivity (Wildman–Crippen MR) is 112 cm³/mol. The molecule has 0 spiro atoms. The monoisotopic (exact) mass is 445 g/mol. The normalized spacial score (nSPS) is 13.8. The number of hydrogen-bond acceptors (Lipinski definition) is 4. The van der Waals surface area contributed by atoms with Gasteiger partial charge in [-0.05, 0) is 55.5 Å². The van der Waals surface area contributed by atoms with Gasteiger partial charge in [0.1, 0.15) is 0 Å². The molecule has 0 unspecified atom stereocenters. The summed E-state index contributed by atoms with van der Waals surface area (Å²) >= 11 is 1.40. The van der Waals surface area contributed by atoms with E-state index in [0.717, 1.165) is 15.9 Å². The van der Waals surface area contributed by atoms with Crippen LogP contribution in [0.2, 0.25) is 0 Å². The molecule has 1 aliphatic heterocycles. The number of nitrogens with zero attached hydrogens (tertiary/aromatic N) is 3. The second kappa shape index (κ2) is 7.56. The number of thioether (sulfide) groups is 1. The Morgan fingerprint density at radius 2 is 1.77 bits per heavy atom. The summed E-state index contributed by atoms with van der Waals surface area (Å²) in [5.41, 5.74) is 2.05. The molecule has 5 nitrogen and oxygen atoms in total. The Morgan fingerprint density at radius 3 is 2.39 bits per heavy atom. The third-order valence-corrected chi connectivity index (χ3v) is 5.98. The number of imide groups is 1. The van der Waals surface area contributed by atoms with Gasteiger partial charge in [0.25, 0.3) is 11.8 Å². The lowest BCUT2D eigenvalue weighted by Crippen LogP contribution is -2.30. The molecule has 0 fully saturated rings. The molecule has 2 heterocycles. The fourth-order valence-electron chi connectivity index (χ4n) is 3.69. The van der Waals surface area contributed by atoms with Crippen molar-refractivity contribution in [1.29, 1.82) is 0 Å². The standard InChI is InChI=1S/C22H18F3N3O2S/c1-12-9-14(11-27-13(2)10-18(26-27)22(23,24)25)7-8-16(12)28-20(29)15-5-4-6-17(31-3)19(15)21(28)30/h4-10H,11H2,1-3H3. The number of carbonyl (C=O) groups is 2. The van der Waals surface area contributed by atoms with Crippen LogP contribution in [0.4, 0.5) is 18.9 Å². The average Bonchev–Trinajstić information content (AvgIpc) is 3.20. The maximum Gasteiger partial charge on any atom is 0.435 e. The summed E-state index contributed by atoms with van der Waals surface area (Å²) in [6.45, 7) is 3.46. The number of anilines is 1. The van der Waals surface area contributed by atoms with Gasteiger partial charge in [-0.15, -0.1) is 11.8 Å².